The molecule has 0 aliphatic heterocycles. The van der Waals surface area contributed by atoms with Crippen LogP contribution < -0.4 is 0 Å². The molecule has 0 aliphatic rings. The zero-order valence-corrected chi connectivity index (χ0v) is 16.2. The molecular formula is C18H20Cl4. The van der Waals surface area contributed by atoms with Crippen molar-refractivity contribution in [3.05, 3.63) is 67.6 Å². The number of halogens is 4. The highest BCUT2D eigenvalue weighted by Crippen LogP contribution is 2.35. The van der Waals surface area contributed by atoms with E-state index >= 15 is 0 Å². The van der Waals surface area contributed by atoms with Crippen LogP contribution in [0.25, 0.3) is 0 Å². The molecule has 0 radical (unpaired) electrons. The summed E-state index contributed by atoms with van der Waals surface area (Å²) in [5.41, 5.74) is 2.33. The molecule has 22 heavy (non-hydrogen) atoms. The molecular weight excluding hydrogens is 358 g/mol. The molecule has 2 aromatic rings. The minimum atomic E-state index is 0.368. The number of hydrogen-bond donors (Lipinski definition) is 0. The molecule has 0 saturated carbocycles. The second-order valence-electron chi connectivity index (χ2n) is 5.63. The van der Waals surface area contributed by atoms with Gasteiger partial charge in [0.15, 0.2) is 0 Å². The SMILES string of the molecule is CC(C)c1ccc(Cl)c(Cl)c1Cl.CC(C)c1cccc(Cl)c1. The highest BCUT2D eigenvalue weighted by Gasteiger charge is 2.10. The largest absolute Gasteiger partial charge is 0.0843 e. The molecule has 0 aromatic heterocycles. The van der Waals surface area contributed by atoms with Gasteiger partial charge in [0.25, 0.3) is 0 Å². The van der Waals surface area contributed by atoms with Gasteiger partial charge in [0.05, 0.1) is 15.1 Å². The molecule has 2 rings (SSSR count). The molecule has 0 spiro atoms. The zero-order valence-electron chi connectivity index (χ0n) is 13.1. The van der Waals surface area contributed by atoms with Crippen molar-refractivity contribution >= 4 is 46.4 Å². The lowest BCUT2D eigenvalue weighted by atomic mass is 10.0. The fourth-order valence-electron chi connectivity index (χ4n) is 1.85. The van der Waals surface area contributed by atoms with E-state index in [4.69, 9.17) is 46.4 Å². The molecule has 120 valence electrons. The highest BCUT2D eigenvalue weighted by atomic mass is 35.5. The Bertz CT molecular complexity index is 618. The van der Waals surface area contributed by atoms with E-state index < -0.39 is 0 Å². The van der Waals surface area contributed by atoms with E-state index in [0.29, 0.717) is 26.9 Å². The second-order valence-corrected chi connectivity index (χ2v) is 7.23. The van der Waals surface area contributed by atoms with Crippen LogP contribution in [0.5, 0.6) is 0 Å². The maximum atomic E-state index is 5.98. The Morgan fingerprint density at radius 2 is 1.36 bits per heavy atom. The minimum Gasteiger partial charge on any atom is -0.0843 e. The molecule has 0 bridgehead atoms. The van der Waals surface area contributed by atoms with Gasteiger partial charge < -0.3 is 0 Å². The van der Waals surface area contributed by atoms with Gasteiger partial charge in [0.1, 0.15) is 0 Å². The third-order valence-electron chi connectivity index (χ3n) is 3.20. The van der Waals surface area contributed by atoms with Crippen molar-refractivity contribution in [3.63, 3.8) is 0 Å². The number of rotatable bonds is 2. The van der Waals surface area contributed by atoms with Crippen LogP contribution in [-0.2, 0) is 0 Å². The highest BCUT2D eigenvalue weighted by molar-refractivity contribution is 6.48. The van der Waals surface area contributed by atoms with Crippen LogP contribution in [0.2, 0.25) is 20.1 Å². The van der Waals surface area contributed by atoms with Crippen molar-refractivity contribution in [2.45, 2.75) is 39.5 Å². The summed E-state index contributed by atoms with van der Waals surface area (Å²) in [4.78, 5) is 0. The maximum absolute atomic E-state index is 5.98. The van der Waals surface area contributed by atoms with Crippen molar-refractivity contribution < 1.29 is 0 Å². The molecule has 0 aliphatic carbocycles. The second kappa shape index (κ2) is 9.03. The van der Waals surface area contributed by atoms with Crippen LogP contribution >= 0.6 is 46.4 Å². The molecule has 4 heteroatoms. The van der Waals surface area contributed by atoms with Crippen molar-refractivity contribution in [1.82, 2.24) is 0 Å². The summed E-state index contributed by atoms with van der Waals surface area (Å²) in [6, 6.07) is 11.7. The average Bonchev–Trinajstić information content (AvgIpc) is 2.45. The fraction of sp³-hybridized carbons (Fsp3) is 0.333. The minimum absolute atomic E-state index is 0.368. The first-order valence-electron chi connectivity index (χ1n) is 7.12. The summed E-state index contributed by atoms with van der Waals surface area (Å²) in [6.07, 6.45) is 0. The monoisotopic (exact) mass is 376 g/mol. The summed E-state index contributed by atoms with van der Waals surface area (Å²) in [6.45, 7) is 8.44. The molecule has 0 unspecified atom stereocenters. The summed E-state index contributed by atoms with van der Waals surface area (Å²) in [5.74, 6) is 0.936. The van der Waals surface area contributed by atoms with Crippen LogP contribution in [-0.4, -0.2) is 0 Å². The van der Waals surface area contributed by atoms with Crippen molar-refractivity contribution in [3.8, 4) is 0 Å². The van der Waals surface area contributed by atoms with Gasteiger partial charge in [-0.25, -0.2) is 0 Å². The Hall–Kier alpha value is -0.400. The van der Waals surface area contributed by atoms with Crippen molar-refractivity contribution in [1.29, 1.82) is 0 Å². The maximum Gasteiger partial charge on any atom is 0.0781 e. The summed E-state index contributed by atoms with van der Waals surface area (Å²) < 4.78 is 0. The van der Waals surface area contributed by atoms with E-state index in [0.717, 1.165) is 10.6 Å². The van der Waals surface area contributed by atoms with Gasteiger partial charge >= 0.3 is 0 Å². The Labute approximate surface area is 153 Å². The summed E-state index contributed by atoms with van der Waals surface area (Å²) in [5, 5.41) is 2.35. The molecule has 0 fully saturated rings. The zero-order chi connectivity index (χ0) is 16.9. The lowest BCUT2D eigenvalue weighted by molar-refractivity contribution is 0.867. The van der Waals surface area contributed by atoms with Gasteiger partial charge in [0.2, 0.25) is 0 Å². The molecule has 0 nitrogen and oxygen atoms in total. The topological polar surface area (TPSA) is 0 Å². The van der Waals surface area contributed by atoms with Gasteiger partial charge in [-0.3, -0.25) is 0 Å². The van der Waals surface area contributed by atoms with E-state index in [-0.39, 0.29) is 0 Å². The lowest BCUT2D eigenvalue weighted by Crippen LogP contribution is -1.89. The molecule has 0 heterocycles. The molecule has 2 aromatic carbocycles. The van der Waals surface area contributed by atoms with Crippen LogP contribution in [0.4, 0.5) is 0 Å². The predicted octanol–water partition coefficient (Wildman–Crippen LogP) is 8.23. The van der Waals surface area contributed by atoms with Gasteiger partial charge in [-0.05, 0) is 41.2 Å². The Morgan fingerprint density at radius 3 is 1.82 bits per heavy atom. The smallest absolute Gasteiger partial charge is 0.0781 e. The van der Waals surface area contributed by atoms with Gasteiger partial charge in [0, 0.05) is 5.02 Å². The Balaban J connectivity index is 0.000000224. The van der Waals surface area contributed by atoms with E-state index in [1.54, 1.807) is 6.07 Å². The summed E-state index contributed by atoms with van der Waals surface area (Å²) in [7, 11) is 0. The first kappa shape index (κ1) is 19.6. The summed E-state index contributed by atoms with van der Waals surface area (Å²) >= 11 is 23.4. The average molecular weight is 378 g/mol. The van der Waals surface area contributed by atoms with Crippen LogP contribution in [0, 0.1) is 0 Å². The first-order valence-corrected chi connectivity index (χ1v) is 8.64. The number of hydrogen-bond acceptors (Lipinski definition) is 0. The van der Waals surface area contributed by atoms with Gasteiger partial charge in [-0.15, -0.1) is 0 Å². The standard InChI is InChI=1S/C9H9Cl3.C9H11Cl/c1-5(2)6-3-4-7(10)9(12)8(6)11;1-7(2)8-4-3-5-9(10)6-8/h3-5H,1-2H3;3-7H,1-2H3. The van der Waals surface area contributed by atoms with E-state index in [9.17, 15) is 0 Å². The number of benzene rings is 2. The molecule has 0 N–H and O–H groups in total. The Kier molecular flexibility index (Phi) is 8.07. The predicted molar refractivity (Wildman–Crippen MR) is 101 cm³/mol. The first-order chi connectivity index (χ1) is 10.2. The van der Waals surface area contributed by atoms with E-state index in [1.165, 1.54) is 5.56 Å². The normalized spacial score (nSPS) is 10.6. The molecule has 0 saturated heterocycles. The van der Waals surface area contributed by atoms with Crippen LogP contribution in [0.1, 0.15) is 50.7 Å². The lowest BCUT2D eigenvalue weighted by Gasteiger charge is -2.09. The fourth-order valence-corrected chi connectivity index (χ4v) is 2.81. The van der Waals surface area contributed by atoms with Gasteiger partial charge in [-0.2, -0.15) is 0 Å². The van der Waals surface area contributed by atoms with Crippen LogP contribution in [0.3, 0.4) is 0 Å². The van der Waals surface area contributed by atoms with Crippen LogP contribution in [0.15, 0.2) is 36.4 Å². The quantitative estimate of drug-likeness (QED) is 0.462. The van der Waals surface area contributed by atoms with E-state index in [1.807, 2.05) is 24.3 Å². The van der Waals surface area contributed by atoms with Crippen molar-refractivity contribution in [2.24, 2.45) is 0 Å². The Morgan fingerprint density at radius 1 is 0.727 bits per heavy atom. The molecule has 0 amide bonds. The van der Waals surface area contributed by atoms with Gasteiger partial charge in [-0.1, -0.05) is 92.3 Å². The van der Waals surface area contributed by atoms with Crippen molar-refractivity contribution in [2.75, 3.05) is 0 Å². The van der Waals surface area contributed by atoms with E-state index in [2.05, 4.69) is 33.8 Å². The third kappa shape index (κ3) is 5.66. The third-order valence-corrected chi connectivity index (χ3v) is 4.75. The molecule has 0 atom stereocenters.